The molecule has 5 heteroatoms. The molecule has 0 fully saturated rings. The summed E-state index contributed by atoms with van der Waals surface area (Å²) in [5, 5.41) is 2.88. The maximum atomic E-state index is 13.5. The lowest BCUT2D eigenvalue weighted by atomic mass is 10.1. The molecule has 0 saturated carbocycles. The Morgan fingerprint density at radius 2 is 2.12 bits per heavy atom. The number of nitrogens with zero attached hydrogens (tertiary/aromatic N) is 1. The van der Waals surface area contributed by atoms with Crippen LogP contribution < -0.4 is 5.32 Å². The summed E-state index contributed by atoms with van der Waals surface area (Å²) in [6, 6.07) is 12.4. The molecule has 128 valence electrons. The van der Waals surface area contributed by atoms with Crippen LogP contribution >= 0.6 is 0 Å². The van der Waals surface area contributed by atoms with E-state index in [1.54, 1.807) is 31.5 Å². The third-order valence-electron chi connectivity index (χ3n) is 4.00. The highest BCUT2D eigenvalue weighted by Gasteiger charge is 2.10. The van der Waals surface area contributed by atoms with Crippen LogP contribution in [-0.4, -0.2) is 10.9 Å². The van der Waals surface area contributed by atoms with Gasteiger partial charge in [-0.3, -0.25) is 9.78 Å². The molecule has 3 rings (SSSR count). The van der Waals surface area contributed by atoms with Gasteiger partial charge in [0.2, 0.25) is 5.91 Å². The van der Waals surface area contributed by atoms with E-state index in [1.165, 1.54) is 6.07 Å². The third-order valence-corrected chi connectivity index (χ3v) is 4.00. The lowest BCUT2D eigenvalue weighted by Gasteiger charge is -2.09. The van der Waals surface area contributed by atoms with Gasteiger partial charge in [0.15, 0.2) is 5.76 Å². The molecule has 0 bridgehead atoms. The van der Waals surface area contributed by atoms with Crippen molar-refractivity contribution in [3.8, 4) is 11.5 Å². The number of hydrogen-bond acceptors (Lipinski definition) is 3. The molecule has 0 radical (unpaired) electrons. The predicted molar refractivity (Wildman–Crippen MR) is 93.2 cm³/mol. The van der Waals surface area contributed by atoms with Crippen LogP contribution in [0.3, 0.4) is 0 Å². The van der Waals surface area contributed by atoms with Crippen molar-refractivity contribution in [2.24, 2.45) is 0 Å². The maximum Gasteiger partial charge on any atom is 0.220 e. The van der Waals surface area contributed by atoms with Crippen molar-refractivity contribution < 1.29 is 13.6 Å². The summed E-state index contributed by atoms with van der Waals surface area (Å²) in [4.78, 5) is 16.4. The Hall–Kier alpha value is -2.95. The van der Waals surface area contributed by atoms with Crippen molar-refractivity contribution in [2.45, 2.75) is 26.3 Å². The number of carbonyl (C=O) groups is 1. The number of furan rings is 1. The zero-order valence-electron chi connectivity index (χ0n) is 14.0. The predicted octanol–water partition coefficient (Wildman–Crippen LogP) is 4.04. The fourth-order valence-corrected chi connectivity index (χ4v) is 2.55. The van der Waals surface area contributed by atoms with Crippen LogP contribution in [0.25, 0.3) is 11.5 Å². The maximum absolute atomic E-state index is 13.5. The highest BCUT2D eigenvalue weighted by atomic mass is 19.1. The fourth-order valence-electron chi connectivity index (χ4n) is 2.55. The fraction of sp³-hybridized carbons (Fsp3) is 0.200. The van der Waals surface area contributed by atoms with Crippen LogP contribution in [0.15, 0.2) is 59.3 Å². The topological polar surface area (TPSA) is 55.1 Å². The van der Waals surface area contributed by atoms with Crippen LogP contribution in [0.1, 0.15) is 23.1 Å². The van der Waals surface area contributed by atoms with E-state index < -0.39 is 0 Å². The van der Waals surface area contributed by atoms with Crippen molar-refractivity contribution in [3.05, 3.63) is 77.4 Å². The summed E-state index contributed by atoms with van der Waals surface area (Å²) in [7, 11) is 0. The van der Waals surface area contributed by atoms with Crippen LogP contribution in [0.2, 0.25) is 0 Å². The largest absolute Gasteiger partial charge is 0.463 e. The van der Waals surface area contributed by atoms with E-state index in [4.69, 9.17) is 4.42 Å². The Kier molecular flexibility index (Phi) is 5.23. The molecule has 4 nitrogen and oxygen atoms in total. The number of amides is 1. The Morgan fingerprint density at radius 3 is 2.88 bits per heavy atom. The minimum absolute atomic E-state index is 0.0877. The molecule has 0 saturated heterocycles. The summed E-state index contributed by atoms with van der Waals surface area (Å²) < 4.78 is 18.9. The number of aromatic nitrogens is 1. The molecule has 2 aromatic heterocycles. The molecular weight excluding hydrogens is 319 g/mol. The minimum atomic E-state index is -0.239. The number of nitrogens with one attached hydrogen (secondary N) is 1. The minimum Gasteiger partial charge on any atom is -0.463 e. The van der Waals surface area contributed by atoms with Crippen LogP contribution in [0.5, 0.6) is 0 Å². The molecule has 2 heterocycles. The number of pyridine rings is 1. The normalized spacial score (nSPS) is 10.6. The Morgan fingerprint density at radius 1 is 1.24 bits per heavy atom. The van der Waals surface area contributed by atoms with E-state index >= 15 is 0 Å². The molecule has 0 unspecified atom stereocenters. The van der Waals surface area contributed by atoms with Crippen molar-refractivity contribution >= 4 is 5.91 Å². The SMILES string of the molecule is Cc1ccc(CCC(=O)NCc2cccnc2-c2ccco2)cc1F. The summed E-state index contributed by atoms with van der Waals surface area (Å²) >= 11 is 0. The smallest absolute Gasteiger partial charge is 0.220 e. The molecule has 1 amide bonds. The van der Waals surface area contributed by atoms with Crippen LogP contribution in [-0.2, 0) is 17.8 Å². The van der Waals surface area contributed by atoms with Gasteiger partial charge in [0.25, 0.3) is 0 Å². The second-order valence-electron chi connectivity index (χ2n) is 5.85. The van der Waals surface area contributed by atoms with Gasteiger partial charge in [-0.15, -0.1) is 0 Å². The zero-order valence-corrected chi connectivity index (χ0v) is 14.0. The van der Waals surface area contributed by atoms with E-state index in [1.807, 2.05) is 24.3 Å². The number of benzene rings is 1. The first-order chi connectivity index (χ1) is 12.1. The average molecular weight is 338 g/mol. The highest BCUT2D eigenvalue weighted by Crippen LogP contribution is 2.21. The summed E-state index contributed by atoms with van der Waals surface area (Å²) in [6.45, 7) is 2.08. The first-order valence-corrected chi connectivity index (χ1v) is 8.13. The van der Waals surface area contributed by atoms with Gasteiger partial charge >= 0.3 is 0 Å². The van der Waals surface area contributed by atoms with E-state index in [-0.39, 0.29) is 11.7 Å². The summed E-state index contributed by atoms with van der Waals surface area (Å²) in [6.07, 6.45) is 4.09. The second-order valence-corrected chi connectivity index (χ2v) is 5.85. The van der Waals surface area contributed by atoms with Crippen LogP contribution in [0, 0.1) is 12.7 Å². The summed E-state index contributed by atoms with van der Waals surface area (Å²) in [5.41, 5.74) is 3.02. The van der Waals surface area contributed by atoms with Gasteiger partial charge in [0, 0.05) is 24.7 Å². The molecule has 0 aliphatic carbocycles. The average Bonchev–Trinajstić information content (AvgIpc) is 3.15. The summed E-state index contributed by atoms with van der Waals surface area (Å²) in [5.74, 6) is 0.339. The van der Waals surface area contributed by atoms with Gasteiger partial charge in [0.05, 0.1) is 6.26 Å². The number of hydrogen-bond donors (Lipinski definition) is 1. The molecule has 0 aliphatic rings. The van der Waals surface area contributed by atoms with Gasteiger partial charge in [-0.25, -0.2) is 4.39 Å². The van der Waals surface area contributed by atoms with Gasteiger partial charge in [-0.2, -0.15) is 0 Å². The monoisotopic (exact) mass is 338 g/mol. The molecular formula is C20H19FN2O2. The van der Waals surface area contributed by atoms with E-state index in [2.05, 4.69) is 10.3 Å². The third kappa shape index (κ3) is 4.32. The van der Waals surface area contributed by atoms with E-state index in [0.717, 1.165) is 11.1 Å². The van der Waals surface area contributed by atoms with Crippen LogP contribution in [0.4, 0.5) is 4.39 Å². The molecule has 1 N–H and O–H groups in total. The Bertz CT molecular complexity index is 860. The number of aryl methyl sites for hydroxylation is 2. The van der Waals surface area contributed by atoms with Gasteiger partial charge < -0.3 is 9.73 Å². The molecule has 25 heavy (non-hydrogen) atoms. The number of carbonyl (C=O) groups excluding carboxylic acids is 1. The highest BCUT2D eigenvalue weighted by molar-refractivity contribution is 5.76. The molecule has 1 aromatic carbocycles. The lowest BCUT2D eigenvalue weighted by Crippen LogP contribution is -2.23. The first-order valence-electron chi connectivity index (χ1n) is 8.13. The number of halogens is 1. The second kappa shape index (κ2) is 7.75. The molecule has 0 aliphatic heterocycles. The lowest BCUT2D eigenvalue weighted by molar-refractivity contribution is -0.121. The Balaban J connectivity index is 1.57. The first kappa shape index (κ1) is 16.9. The molecule has 0 spiro atoms. The van der Waals surface area contributed by atoms with Crippen molar-refractivity contribution in [1.82, 2.24) is 10.3 Å². The zero-order chi connectivity index (χ0) is 17.6. The quantitative estimate of drug-likeness (QED) is 0.738. The van der Waals surface area contributed by atoms with Crippen molar-refractivity contribution in [3.63, 3.8) is 0 Å². The van der Waals surface area contributed by atoms with Crippen molar-refractivity contribution in [1.29, 1.82) is 0 Å². The van der Waals surface area contributed by atoms with E-state index in [9.17, 15) is 9.18 Å². The van der Waals surface area contributed by atoms with Gasteiger partial charge in [-0.05, 0) is 48.7 Å². The van der Waals surface area contributed by atoms with Gasteiger partial charge in [0.1, 0.15) is 11.5 Å². The standard InChI is InChI=1S/C20H19FN2O2/c1-14-6-7-15(12-17(14)21)8-9-19(24)23-13-16-4-2-10-22-20(16)18-5-3-11-25-18/h2-7,10-12H,8-9,13H2,1H3,(H,23,24). The molecule has 3 aromatic rings. The molecule has 0 atom stereocenters. The Labute approximate surface area is 145 Å². The van der Waals surface area contributed by atoms with Crippen molar-refractivity contribution in [2.75, 3.05) is 0 Å². The number of rotatable bonds is 6. The van der Waals surface area contributed by atoms with E-state index in [0.29, 0.717) is 36.4 Å². The van der Waals surface area contributed by atoms with Gasteiger partial charge in [-0.1, -0.05) is 18.2 Å².